The third-order valence-electron chi connectivity index (χ3n) is 3.62. The van der Waals surface area contributed by atoms with Crippen LogP contribution >= 0.6 is 22.6 Å². The molecule has 1 saturated heterocycles. The summed E-state index contributed by atoms with van der Waals surface area (Å²) in [4.78, 5) is 14.1. The van der Waals surface area contributed by atoms with E-state index in [-0.39, 0.29) is 11.3 Å². The topological polar surface area (TPSA) is 58.4 Å². The number of hydrogen-bond acceptors (Lipinski definition) is 3. The Labute approximate surface area is 127 Å². The van der Waals surface area contributed by atoms with Gasteiger partial charge in [0.05, 0.1) is 6.54 Å². The molecule has 1 aromatic carbocycles. The Balaban J connectivity index is 1.84. The average Bonchev–Trinajstić information content (AvgIpc) is 2.74. The highest BCUT2D eigenvalue weighted by Gasteiger charge is 2.32. The lowest BCUT2D eigenvalue weighted by Gasteiger charge is -2.22. The zero-order valence-electron chi connectivity index (χ0n) is 11.2. The van der Waals surface area contributed by atoms with Gasteiger partial charge in [0, 0.05) is 15.8 Å². The number of nitrogens with zero attached hydrogens (tertiary/aromatic N) is 1. The number of benzene rings is 1. The highest BCUT2D eigenvalue weighted by atomic mass is 127. The number of amides is 1. The van der Waals surface area contributed by atoms with Crippen molar-refractivity contribution < 1.29 is 4.79 Å². The second-order valence-electron chi connectivity index (χ2n) is 5.53. The minimum absolute atomic E-state index is 0.0440. The fraction of sp³-hybridized carbons (Fsp3) is 0.500. The van der Waals surface area contributed by atoms with Crippen LogP contribution in [0.4, 0.5) is 5.69 Å². The van der Waals surface area contributed by atoms with E-state index in [0.29, 0.717) is 13.1 Å². The quantitative estimate of drug-likeness (QED) is 0.793. The van der Waals surface area contributed by atoms with Crippen molar-refractivity contribution in [1.82, 2.24) is 4.90 Å². The number of anilines is 1. The third-order valence-corrected chi connectivity index (χ3v) is 4.34. The first kappa shape index (κ1) is 14.7. The Kier molecular flexibility index (Phi) is 4.81. The molecule has 0 saturated carbocycles. The standard InChI is InChI=1S/C14H20IN3O/c1-14(9-16)6-7-18(10-14)8-13(19)17-12-4-2-11(15)3-5-12/h2-5H,6-10,16H2,1H3,(H,17,19). The summed E-state index contributed by atoms with van der Waals surface area (Å²) in [6, 6.07) is 7.82. The van der Waals surface area contributed by atoms with Crippen LogP contribution in [0.25, 0.3) is 0 Å². The van der Waals surface area contributed by atoms with Gasteiger partial charge < -0.3 is 11.1 Å². The van der Waals surface area contributed by atoms with Gasteiger partial charge in [-0.1, -0.05) is 6.92 Å². The molecule has 1 aliphatic rings. The van der Waals surface area contributed by atoms with Crippen LogP contribution in [0.15, 0.2) is 24.3 Å². The van der Waals surface area contributed by atoms with Crippen LogP contribution in [-0.2, 0) is 4.79 Å². The summed E-state index contributed by atoms with van der Waals surface area (Å²) in [6.45, 7) is 5.17. The maximum atomic E-state index is 12.0. The second kappa shape index (κ2) is 6.19. The molecule has 0 bridgehead atoms. The molecule has 1 fully saturated rings. The number of rotatable bonds is 4. The van der Waals surface area contributed by atoms with Crippen LogP contribution in [0.5, 0.6) is 0 Å². The lowest BCUT2D eigenvalue weighted by atomic mass is 9.90. The monoisotopic (exact) mass is 373 g/mol. The molecule has 4 nitrogen and oxygen atoms in total. The number of carbonyl (C=O) groups excluding carboxylic acids is 1. The normalized spacial score (nSPS) is 23.5. The molecule has 0 aromatic heterocycles. The summed E-state index contributed by atoms with van der Waals surface area (Å²) < 4.78 is 1.16. The maximum absolute atomic E-state index is 12.0. The SMILES string of the molecule is CC1(CN)CCN(CC(=O)Nc2ccc(I)cc2)C1. The summed E-state index contributed by atoms with van der Waals surface area (Å²) in [5.41, 5.74) is 6.79. The molecular weight excluding hydrogens is 353 g/mol. The van der Waals surface area contributed by atoms with E-state index in [2.05, 4.69) is 39.7 Å². The van der Waals surface area contributed by atoms with Gasteiger partial charge in [-0.05, 0) is 71.8 Å². The molecule has 1 unspecified atom stereocenters. The highest BCUT2D eigenvalue weighted by Crippen LogP contribution is 2.28. The molecule has 5 heteroatoms. The fourth-order valence-corrected chi connectivity index (χ4v) is 2.72. The number of likely N-dealkylation sites (tertiary alicyclic amines) is 1. The molecule has 1 aromatic rings. The van der Waals surface area contributed by atoms with Crippen LogP contribution < -0.4 is 11.1 Å². The first-order valence-electron chi connectivity index (χ1n) is 6.49. The van der Waals surface area contributed by atoms with Crippen molar-refractivity contribution in [3.63, 3.8) is 0 Å². The number of hydrogen-bond donors (Lipinski definition) is 2. The van der Waals surface area contributed by atoms with E-state index in [9.17, 15) is 4.79 Å². The van der Waals surface area contributed by atoms with Crippen molar-refractivity contribution in [2.75, 3.05) is 31.5 Å². The van der Waals surface area contributed by atoms with Crippen molar-refractivity contribution in [2.24, 2.45) is 11.1 Å². The van der Waals surface area contributed by atoms with E-state index in [1.54, 1.807) is 0 Å². The largest absolute Gasteiger partial charge is 0.330 e. The van der Waals surface area contributed by atoms with E-state index < -0.39 is 0 Å². The smallest absolute Gasteiger partial charge is 0.238 e. The molecule has 1 atom stereocenters. The summed E-state index contributed by atoms with van der Waals surface area (Å²) >= 11 is 2.25. The Morgan fingerprint density at radius 1 is 1.47 bits per heavy atom. The minimum atomic E-state index is 0.0440. The zero-order valence-corrected chi connectivity index (χ0v) is 13.3. The van der Waals surface area contributed by atoms with E-state index in [1.807, 2.05) is 24.3 Å². The first-order valence-corrected chi connectivity index (χ1v) is 7.56. The average molecular weight is 373 g/mol. The number of nitrogens with two attached hydrogens (primary N) is 1. The summed E-state index contributed by atoms with van der Waals surface area (Å²) in [7, 11) is 0. The molecule has 19 heavy (non-hydrogen) atoms. The molecular formula is C14H20IN3O. The van der Waals surface area contributed by atoms with Crippen molar-refractivity contribution in [3.8, 4) is 0 Å². The second-order valence-corrected chi connectivity index (χ2v) is 6.78. The van der Waals surface area contributed by atoms with Gasteiger partial charge in [-0.15, -0.1) is 0 Å². The van der Waals surface area contributed by atoms with Gasteiger partial charge in [0.1, 0.15) is 0 Å². The van der Waals surface area contributed by atoms with Crippen LogP contribution in [0.2, 0.25) is 0 Å². The lowest BCUT2D eigenvalue weighted by molar-refractivity contribution is -0.117. The predicted octanol–water partition coefficient (Wildman–Crippen LogP) is 1.90. The van der Waals surface area contributed by atoms with Gasteiger partial charge >= 0.3 is 0 Å². The van der Waals surface area contributed by atoms with E-state index in [0.717, 1.165) is 28.8 Å². The predicted molar refractivity (Wildman–Crippen MR) is 86.0 cm³/mol. The van der Waals surface area contributed by atoms with Crippen LogP contribution in [-0.4, -0.2) is 37.0 Å². The Morgan fingerprint density at radius 2 is 2.16 bits per heavy atom. The number of halogens is 1. The van der Waals surface area contributed by atoms with Gasteiger partial charge in [0.25, 0.3) is 0 Å². The lowest BCUT2D eigenvalue weighted by Crippen LogP contribution is -2.35. The van der Waals surface area contributed by atoms with Crippen LogP contribution in [0, 0.1) is 8.99 Å². The summed E-state index contributed by atoms with van der Waals surface area (Å²) in [5.74, 6) is 0.0440. The van der Waals surface area contributed by atoms with E-state index >= 15 is 0 Å². The van der Waals surface area contributed by atoms with Crippen molar-refractivity contribution >= 4 is 34.2 Å². The fourth-order valence-electron chi connectivity index (χ4n) is 2.36. The van der Waals surface area contributed by atoms with E-state index in [1.165, 1.54) is 0 Å². The minimum Gasteiger partial charge on any atom is -0.330 e. The molecule has 0 aliphatic carbocycles. The molecule has 0 spiro atoms. The van der Waals surface area contributed by atoms with Crippen molar-refractivity contribution in [3.05, 3.63) is 27.8 Å². The van der Waals surface area contributed by atoms with Crippen LogP contribution in [0.3, 0.4) is 0 Å². The molecule has 0 radical (unpaired) electrons. The molecule has 3 N–H and O–H groups in total. The van der Waals surface area contributed by atoms with E-state index in [4.69, 9.17) is 5.73 Å². The van der Waals surface area contributed by atoms with Crippen molar-refractivity contribution in [1.29, 1.82) is 0 Å². The Morgan fingerprint density at radius 3 is 2.74 bits per heavy atom. The Bertz CT molecular complexity index is 449. The van der Waals surface area contributed by atoms with Crippen LogP contribution in [0.1, 0.15) is 13.3 Å². The highest BCUT2D eigenvalue weighted by molar-refractivity contribution is 14.1. The van der Waals surface area contributed by atoms with Gasteiger partial charge in [0.15, 0.2) is 0 Å². The summed E-state index contributed by atoms with van der Waals surface area (Å²) in [5, 5.41) is 2.93. The van der Waals surface area contributed by atoms with Crippen molar-refractivity contribution in [2.45, 2.75) is 13.3 Å². The molecule has 1 amide bonds. The Hall–Kier alpha value is -0.660. The molecule has 2 rings (SSSR count). The number of nitrogens with one attached hydrogen (secondary N) is 1. The first-order chi connectivity index (χ1) is 9.00. The summed E-state index contributed by atoms with van der Waals surface area (Å²) in [6.07, 6.45) is 1.07. The molecule has 1 aliphatic heterocycles. The van der Waals surface area contributed by atoms with Gasteiger partial charge in [-0.25, -0.2) is 0 Å². The number of carbonyl (C=O) groups is 1. The zero-order chi connectivity index (χ0) is 13.9. The maximum Gasteiger partial charge on any atom is 0.238 e. The van der Waals surface area contributed by atoms with Gasteiger partial charge in [0.2, 0.25) is 5.91 Å². The molecule has 1 heterocycles. The van der Waals surface area contributed by atoms with Gasteiger partial charge in [-0.2, -0.15) is 0 Å². The third kappa shape index (κ3) is 4.15. The molecule has 104 valence electrons. The van der Waals surface area contributed by atoms with Gasteiger partial charge in [-0.3, -0.25) is 9.69 Å².